The Bertz CT molecular complexity index is 317. The molecule has 0 amide bonds. The van der Waals surface area contributed by atoms with Gasteiger partial charge in [-0.1, -0.05) is 38.0 Å². The van der Waals surface area contributed by atoms with Crippen LogP contribution in [-0.2, 0) is 16.0 Å². The zero-order valence-corrected chi connectivity index (χ0v) is 11.6. The van der Waals surface area contributed by atoms with Gasteiger partial charge in [-0.25, -0.2) is 0 Å². The van der Waals surface area contributed by atoms with Crippen LogP contribution in [0.25, 0.3) is 0 Å². The predicted molar refractivity (Wildman–Crippen MR) is 74.8 cm³/mol. The molecule has 0 bridgehead atoms. The molecule has 3 heteroatoms. The number of phenolic OH excluding ortho intramolecular Hbond substituents is 1. The highest BCUT2D eigenvalue weighted by Gasteiger charge is 1.97. The summed E-state index contributed by atoms with van der Waals surface area (Å²) in [6, 6.07) is 7.58. The van der Waals surface area contributed by atoms with Crippen molar-refractivity contribution < 1.29 is 14.7 Å². The van der Waals surface area contributed by atoms with Crippen molar-refractivity contribution in [2.45, 2.75) is 46.5 Å². The van der Waals surface area contributed by atoms with Gasteiger partial charge in [-0.2, -0.15) is 0 Å². The van der Waals surface area contributed by atoms with Crippen molar-refractivity contribution in [3.05, 3.63) is 29.8 Å². The molecule has 1 aromatic carbocycles. The number of carbonyl (C=O) groups excluding carboxylic acids is 2. The Morgan fingerprint density at radius 1 is 1.17 bits per heavy atom. The van der Waals surface area contributed by atoms with Crippen LogP contribution < -0.4 is 0 Å². The van der Waals surface area contributed by atoms with Gasteiger partial charge in [0.2, 0.25) is 0 Å². The Morgan fingerprint density at radius 2 is 1.67 bits per heavy atom. The van der Waals surface area contributed by atoms with Gasteiger partial charge >= 0.3 is 0 Å². The van der Waals surface area contributed by atoms with Gasteiger partial charge in [0.25, 0.3) is 0 Å². The lowest BCUT2D eigenvalue weighted by Crippen LogP contribution is -1.85. The van der Waals surface area contributed by atoms with Gasteiger partial charge in [-0.3, -0.25) is 0 Å². The van der Waals surface area contributed by atoms with Gasteiger partial charge in [-0.05, 0) is 38.3 Å². The van der Waals surface area contributed by atoms with Gasteiger partial charge in [0.1, 0.15) is 18.3 Å². The minimum atomic E-state index is 0.167. The Morgan fingerprint density at radius 3 is 2.11 bits per heavy atom. The number of hydrogen-bond donors (Lipinski definition) is 1. The summed E-state index contributed by atoms with van der Waals surface area (Å²) in [6.45, 7) is 7.24. The van der Waals surface area contributed by atoms with Crippen LogP contribution in [0.15, 0.2) is 24.3 Å². The van der Waals surface area contributed by atoms with Crippen LogP contribution in [0.3, 0.4) is 0 Å². The molecule has 102 valence electrons. The van der Waals surface area contributed by atoms with Gasteiger partial charge in [0.05, 0.1) is 0 Å². The van der Waals surface area contributed by atoms with E-state index in [-0.39, 0.29) is 5.78 Å². The SMILES string of the molecule is C=O.CC(C)=O.CCCCCc1ccccc1O. The van der Waals surface area contributed by atoms with E-state index in [0.717, 1.165) is 12.0 Å². The first-order valence-corrected chi connectivity index (χ1v) is 6.10. The van der Waals surface area contributed by atoms with Crippen LogP contribution in [0.5, 0.6) is 5.75 Å². The minimum absolute atomic E-state index is 0.167. The number of unbranched alkanes of at least 4 members (excludes halogenated alkanes) is 2. The minimum Gasteiger partial charge on any atom is -0.508 e. The molecule has 1 aromatic rings. The van der Waals surface area contributed by atoms with Crippen LogP contribution in [0.2, 0.25) is 0 Å². The number of aryl methyl sites for hydroxylation is 1. The molecule has 0 saturated carbocycles. The molecule has 1 rings (SSSR count). The van der Waals surface area contributed by atoms with E-state index in [1.54, 1.807) is 6.07 Å². The molecule has 0 aromatic heterocycles. The van der Waals surface area contributed by atoms with E-state index in [2.05, 4.69) is 6.92 Å². The van der Waals surface area contributed by atoms with E-state index < -0.39 is 0 Å². The number of Topliss-reactive ketones (excluding diaryl/α,β-unsaturated/α-hetero) is 1. The van der Waals surface area contributed by atoms with Crippen molar-refractivity contribution in [3.63, 3.8) is 0 Å². The molecule has 1 N–H and O–H groups in total. The highest BCUT2D eigenvalue weighted by molar-refractivity contribution is 5.72. The molecular formula is C15H24O3. The lowest BCUT2D eigenvalue weighted by Gasteiger charge is -2.02. The smallest absolute Gasteiger partial charge is 0.126 e. The molecule has 0 spiro atoms. The third-order valence-electron chi connectivity index (χ3n) is 2.04. The van der Waals surface area contributed by atoms with Crippen molar-refractivity contribution >= 4 is 12.6 Å². The van der Waals surface area contributed by atoms with Crippen molar-refractivity contribution in [2.24, 2.45) is 0 Å². The van der Waals surface area contributed by atoms with Crippen LogP contribution in [0.1, 0.15) is 45.6 Å². The average Bonchev–Trinajstić information content (AvgIpc) is 2.34. The monoisotopic (exact) mass is 252 g/mol. The van der Waals surface area contributed by atoms with Crippen LogP contribution >= 0.6 is 0 Å². The third kappa shape index (κ3) is 12.4. The maximum absolute atomic E-state index is 9.44. The Balaban J connectivity index is 0. The molecule has 0 unspecified atom stereocenters. The second-order valence-corrected chi connectivity index (χ2v) is 3.99. The standard InChI is InChI=1S/C11H16O.C3H6O.CH2O/c1-2-3-4-7-10-8-5-6-9-11(10)12;1-3(2)4;1-2/h5-6,8-9,12H,2-4,7H2,1H3;1-2H3;1H2. The van der Waals surface area contributed by atoms with Crippen LogP contribution in [0, 0.1) is 0 Å². The number of aromatic hydroxyl groups is 1. The fraction of sp³-hybridized carbons (Fsp3) is 0.467. The largest absolute Gasteiger partial charge is 0.508 e. The molecule has 0 radical (unpaired) electrons. The molecule has 0 fully saturated rings. The summed E-state index contributed by atoms with van der Waals surface area (Å²) in [7, 11) is 0. The first-order valence-electron chi connectivity index (χ1n) is 6.10. The van der Waals surface area contributed by atoms with Crippen molar-refractivity contribution in [1.82, 2.24) is 0 Å². The fourth-order valence-corrected chi connectivity index (χ4v) is 1.29. The lowest BCUT2D eigenvalue weighted by atomic mass is 10.1. The van der Waals surface area contributed by atoms with E-state index >= 15 is 0 Å². The maximum Gasteiger partial charge on any atom is 0.126 e. The highest BCUT2D eigenvalue weighted by Crippen LogP contribution is 2.17. The van der Waals surface area contributed by atoms with Crippen molar-refractivity contribution in [2.75, 3.05) is 0 Å². The molecule has 0 aliphatic rings. The first-order chi connectivity index (χ1) is 8.57. The molecular weight excluding hydrogens is 228 g/mol. The zero-order chi connectivity index (χ0) is 14.4. The van der Waals surface area contributed by atoms with E-state index in [1.165, 1.54) is 33.1 Å². The van der Waals surface area contributed by atoms with Crippen LogP contribution in [-0.4, -0.2) is 17.7 Å². The Kier molecular flexibility index (Phi) is 14.0. The zero-order valence-electron chi connectivity index (χ0n) is 11.6. The summed E-state index contributed by atoms with van der Waals surface area (Å²) in [5.74, 6) is 0.605. The van der Waals surface area contributed by atoms with Gasteiger partial charge in [0.15, 0.2) is 0 Å². The molecule has 0 heterocycles. The number of ketones is 1. The summed E-state index contributed by atoms with van der Waals surface area (Å²) in [4.78, 5) is 17.4. The summed E-state index contributed by atoms with van der Waals surface area (Å²) < 4.78 is 0. The Hall–Kier alpha value is -1.64. The molecule has 0 aliphatic carbocycles. The van der Waals surface area contributed by atoms with Gasteiger partial charge < -0.3 is 14.7 Å². The number of benzene rings is 1. The van der Waals surface area contributed by atoms with E-state index in [1.807, 2.05) is 25.0 Å². The molecule has 18 heavy (non-hydrogen) atoms. The average molecular weight is 252 g/mol. The summed E-state index contributed by atoms with van der Waals surface area (Å²) in [5.41, 5.74) is 1.07. The summed E-state index contributed by atoms with van der Waals surface area (Å²) in [6.07, 6.45) is 4.65. The highest BCUT2D eigenvalue weighted by atomic mass is 16.3. The number of carbonyl (C=O) groups is 2. The number of phenols is 1. The maximum atomic E-state index is 9.44. The molecule has 0 aliphatic heterocycles. The lowest BCUT2D eigenvalue weighted by molar-refractivity contribution is -0.115. The van der Waals surface area contributed by atoms with E-state index in [0.29, 0.717) is 5.75 Å². The van der Waals surface area contributed by atoms with E-state index in [4.69, 9.17) is 4.79 Å². The number of hydrogen-bond acceptors (Lipinski definition) is 3. The predicted octanol–water partition coefficient (Wildman–Crippen LogP) is 3.54. The fourth-order valence-electron chi connectivity index (χ4n) is 1.29. The van der Waals surface area contributed by atoms with E-state index in [9.17, 15) is 9.90 Å². The summed E-state index contributed by atoms with van der Waals surface area (Å²) in [5, 5.41) is 9.41. The quantitative estimate of drug-likeness (QED) is 0.834. The van der Waals surface area contributed by atoms with Gasteiger partial charge in [-0.15, -0.1) is 0 Å². The normalized spacial score (nSPS) is 8.39. The van der Waals surface area contributed by atoms with Crippen molar-refractivity contribution in [1.29, 1.82) is 0 Å². The number of rotatable bonds is 4. The summed E-state index contributed by atoms with van der Waals surface area (Å²) >= 11 is 0. The first kappa shape index (κ1) is 18.7. The van der Waals surface area contributed by atoms with Crippen LogP contribution in [0.4, 0.5) is 0 Å². The topological polar surface area (TPSA) is 54.4 Å². The third-order valence-corrected chi connectivity index (χ3v) is 2.04. The second kappa shape index (κ2) is 13.4. The molecule has 0 atom stereocenters. The molecule has 3 nitrogen and oxygen atoms in total. The Labute approximate surface area is 110 Å². The van der Waals surface area contributed by atoms with Crippen molar-refractivity contribution in [3.8, 4) is 5.75 Å². The van der Waals surface area contributed by atoms with Gasteiger partial charge in [0, 0.05) is 0 Å². The second-order valence-electron chi connectivity index (χ2n) is 3.99. The molecule has 0 saturated heterocycles. The number of para-hydroxylation sites is 1.